The molecule has 0 N–H and O–H groups in total. The third-order valence-electron chi connectivity index (χ3n) is 4.12. The molecule has 12 heavy (non-hydrogen) atoms. The van der Waals surface area contributed by atoms with E-state index in [1.165, 1.54) is 0 Å². The normalized spacial score (nSPS) is 49.6. The van der Waals surface area contributed by atoms with E-state index in [9.17, 15) is 4.79 Å². The predicted octanol–water partition coefficient (Wildman–Crippen LogP) is 2.62. The Morgan fingerprint density at radius 2 is 2.17 bits per heavy atom. The molecule has 0 aromatic heterocycles. The Hall–Kier alpha value is -0.0400. The standard InChI is InChI=1S/C10H15ClO/c1-9(2)7-3-4-10(11,6-12)8(9)5-7/h6-8H,3-5H2,1-2H3/t7?,8?,10-/m1/s1. The summed E-state index contributed by atoms with van der Waals surface area (Å²) in [5, 5.41) is 0. The molecule has 0 aliphatic heterocycles. The smallest absolute Gasteiger partial charge is 0.141 e. The summed E-state index contributed by atoms with van der Waals surface area (Å²) in [6, 6.07) is 0. The maximum atomic E-state index is 10.9. The average molecular weight is 187 g/mol. The number of halogens is 1. The van der Waals surface area contributed by atoms with Gasteiger partial charge in [0.15, 0.2) is 0 Å². The first-order valence-electron chi connectivity index (χ1n) is 4.66. The van der Waals surface area contributed by atoms with Crippen molar-refractivity contribution in [1.82, 2.24) is 0 Å². The molecule has 3 aliphatic carbocycles. The van der Waals surface area contributed by atoms with Gasteiger partial charge in [0.25, 0.3) is 0 Å². The van der Waals surface area contributed by atoms with Crippen molar-refractivity contribution in [3.63, 3.8) is 0 Å². The average Bonchev–Trinajstić information content (AvgIpc) is 2.04. The van der Waals surface area contributed by atoms with Crippen LogP contribution in [0.25, 0.3) is 0 Å². The summed E-state index contributed by atoms with van der Waals surface area (Å²) in [4.78, 5) is 10.3. The molecule has 3 fully saturated rings. The molecular formula is C10H15ClO. The largest absolute Gasteiger partial charge is 0.301 e. The van der Waals surface area contributed by atoms with E-state index < -0.39 is 4.87 Å². The number of carbonyl (C=O) groups is 1. The van der Waals surface area contributed by atoms with Crippen LogP contribution in [-0.4, -0.2) is 11.2 Å². The van der Waals surface area contributed by atoms with E-state index in [-0.39, 0.29) is 0 Å². The lowest BCUT2D eigenvalue weighted by molar-refractivity contribution is -0.129. The summed E-state index contributed by atoms with van der Waals surface area (Å²) >= 11 is 6.26. The Labute approximate surface area is 78.5 Å². The number of fused-ring (bicyclic) bond motifs is 2. The Morgan fingerprint density at radius 3 is 2.50 bits per heavy atom. The van der Waals surface area contributed by atoms with Gasteiger partial charge in [0.05, 0.1) is 0 Å². The van der Waals surface area contributed by atoms with Crippen LogP contribution in [0.1, 0.15) is 33.1 Å². The van der Waals surface area contributed by atoms with Gasteiger partial charge in [0.2, 0.25) is 0 Å². The van der Waals surface area contributed by atoms with E-state index in [1.54, 1.807) is 0 Å². The first-order valence-corrected chi connectivity index (χ1v) is 5.04. The van der Waals surface area contributed by atoms with Crippen LogP contribution in [0.3, 0.4) is 0 Å². The number of hydrogen-bond acceptors (Lipinski definition) is 1. The fourth-order valence-corrected chi connectivity index (χ4v) is 3.51. The van der Waals surface area contributed by atoms with Crippen LogP contribution in [-0.2, 0) is 4.79 Å². The number of carbonyl (C=O) groups excluding carboxylic acids is 1. The lowest BCUT2D eigenvalue weighted by Crippen LogP contribution is -2.59. The van der Waals surface area contributed by atoms with Gasteiger partial charge in [0, 0.05) is 0 Å². The first-order chi connectivity index (χ1) is 5.50. The molecule has 0 saturated heterocycles. The lowest BCUT2D eigenvalue weighted by Gasteiger charge is -2.61. The molecule has 0 heterocycles. The monoisotopic (exact) mass is 186 g/mol. The van der Waals surface area contributed by atoms with Crippen LogP contribution < -0.4 is 0 Å². The molecule has 0 aromatic carbocycles. The van der Waals surface area contributed by atoms with E-state index in [0.717, 1.165) is 31.5 Å². The first kappa shape index (κ1) is 8.55. The highest BCUT2D eigenvalue weighted by atomic mass is 35.5. The topological polar surface area (TPSA) is 17.1 Å². The Balaban J connectivity index is 2.27. The van der Waals surface area contributed by atoms with Crippen LogP contribution in [0.4, 0.5) is 0 Å². The maximum absolute atomic E-state index is 10.9. The summed E-state index contributed by atoms with van der Waals surface area (Å²) in [5.41, 5.74) is 0.306. The zero-order chi connectivity index (χ0) is 8.98. The van der Waals surface area contributed by atoms with Crippen molar-refractivity contribution in [1.29, 1.82) is 0 Å². The second kappa shape index (κ2) is 2.25. The van der Waals surface area contributed by atoms with Crippen molar-refractivity contribution in [3.8, 4) is 0 Å². The third-order valence-corrected chi connectivity index (χ3v) is 4.66. The van der Waals surface area contributed by atoms with E-state index in [1.807, 2.05) is 0 Å². The molecule has 2 unspecified atom stereocenters. The lowest BCUT2D eigenvalue weighted by atomic mass is 9.45. The van der Waals surface area contributed by atoms with Crippen LogP contribution >= 0.6 is 11.6 Å². The summed E-state index contributed by atoms with van der Waals surface area (Å²) in [6.45, 7) is 4.48. The fraction of sp³-hybridized carbons (Fsp3) is 0.900. The van der Waals surface area contributed by atoms with E-state index in [2.05, 4.69) is 13.8 Å². The zero-order valence-electron chi connectivity index (χ0n) is 7.64. The van der Waals surface area contributed by atoms with E-state index in [0.29, 0.717) is 11.3 Å². The van der Waals surface area contributed by atoms with Crippen molar-refractivity contribution in [2.45, 2.75) is 38.0 Å². The molecule has 3 rings (SSSR count). The van der Waals surface area contributed by atoms with Gasteiger partial charge in [-0.25, -0.2) is 0 Å². The van der Waals surface area contributed by atoms with Crippen molar-refractivity contribution in [2.75, 3.05) is 0 Å². The summed E-state index contributed by atoms with van der Waals surface area (Å²) in [5.74, 6) is 1.23. The van der Waals surface area contributed by atoms with E-state index >= 15 is 0 Å². The highest BCUT2D eigenvalue weighted by molar-refractivity contribution is 6.32. The number of aldehydes is 1. The highest BCUT2D eigenvalue weighted by Crippen LogP contribution is 2.64. The van der Waals surface area contributed by atoms with Gasteiger partial charge in [-0.3, -0.25) is 0 Å². The molecule has 3 saturated carbocycles. The maximum Gasteiger partial charge on any atom is 0.141 e. The van der Waals surface area contributed by atoms with Gasteiger partial charge in [-0.2, -0.15) is 0 Å². The molecule has 1 nitrogen and oxygen atoms in total. The van der Waals surface area contributed by atoms with Crippen molar-refractivity contribution in [2.24, 2.45) is 17.3 Å². The van der Waals surface area contributed by atoms with Crippen molar-refractivity contribution in [3.05, 3.63) is 0 Å². The second-order valence-corrected chi connectivity index (χ2v) is 5.59. The fourth-order valence-electron chi connectivity index (χ4n) is 3.03. The minimum atomic E-state index is -0.530. The predicted molar refractivity (Wildman–Crippen MR) is 49.3 cm³/mol. The van der Waals surface area contributed by atoms with Crippen LogP contribution in [0.5, 0.6) is 0 Å². The van der Waals surface area contributed by atoms with Gasteiger partial charge < -0.3 is 4.79 Å². The van der Waals surface area contributed by atoms with Crippen LogP contribution in [0.15, 0.2) is 0 Å². The summed E-state index contributed by atoms with van der Waals surface area (Å²) < 4.78 is 0. The van der Waals surface area contributed by atoms with Crippen molar-refractivity contribution >= 4 is 17.9 Å². The van der Waals surface area contributed by atoms with Crippen LogP contribution in [0, 0.1) is 17.3 Å². The van der Waals surface area contributed by atoms with Gasteiger partial charge in [-0.15, -0.1) is 11.6 Å². The molecular weight excluding hydrogens is 172 g/mol. The SMILES string of the molecule is CC1(C)C2CC[C@@](Cl)(C=O)C1C2. The number of rotatable bonds is 1. The minimum absolute atomic E-state index is 0.306. The summed E-state index contributed by atoms with van der Waals surface area (Å²) in [6.07, 6.45) is 4.15. The Bertz CT molecular complexity index is 222. The molecule has 3 aliphatic rings. The molecule has 2 bridgehead atoms. The molecule has 2 heteroatoms. The molecule has 0 spiro atoms. The minimum Gasteiger partial charge on any atom is -0.301 e. The highest BCUT2D eigenvalue weighted by Gasteiger charge is 2.60. The quantitative estimate of drug-likeness (QED) is 0.455. The van der Waals surface area contributed by atoms with Crippen molar-refractivity contribution < 1.29 is 4.79 Å². The van der Waals surface area contributed by atoms with E-state index in [4.69, 9.17) is 11.6 Å². The molecule has 3 atom stereocenters. The second-order valence-electron chi connectivity index (χ2n) is 4.89. The van der Waals surface area contributed by atoms with Crippen LogP contribution in [0.2, 0.25) is 0 Å². The number of alkyl halides is 1. The third kappa shape index (κ3) is 0.834. The zero-order valence-corrected chi connectivity index (χ0v) is 8.40. The molecule has 68 valence electrons. The Morgan fingerprint density at radius 1 is 1.50 bits per heavy atom. The summed E-state index contributed by atoms with van der Waals surface area (Å²) in [7, 11) is 0. The van der Waals surface area contributed by atoms with Gasteiger partial charge in [-0.05, 0) is 36.5 Å². The number of hydrogen-bond donors (Lipinski definition) is 0. The van der Waals surface area contributed by atoms with Gasteiger partial charge >= 0.3 is 0 Å². The molecule has 0 aromatic rings. The van der Waals surface area contributed by atoms with Gasteiger partial charge in [-0.1, -0.05) is 13.8 Å². The molecule has 0 radical (unpaired) electrons. The Kier molecular flexibility index (Phi) is 1.61. The molecule has 0 amide bonds. The van der Waals surface area contributed by atoms with Gasteiger partial charge in [0.1, 0.15) is 11.2 Å².